The second-order valence-electron chi connectivity index (χ2n) is 5.00. The first kappa shape index (κ1) is 12.5. The van der Waals surface area contributed by atoms with Crippen LogP contribution in [0.1, 0.15) is 24.1 Å². The Morgan fingerprint density at radius 3 is 2.75 bits per heavy atom. The number of H-pyrrole nitrogens is 2. The number of hydrogen-bond donors (Lipinski definition) is 3. The fraction of sp³-hybridized carbons (Fsp3) is 0.200. The summed E-state index contributed by atoms with van der Waals surface area (Å²) >= 11 is 0. The number of nitrogens with zero attached hydrogens (tertiary/aromatic N) is 1. The summed E-state index contributed by atoms with van der Waals surface area (Å²) in [5, 5.41) is 3.41. The van der Waals surface area contributed by atoms with Gasteiger partial charge in [0.15, 0.2) is 0 Å². The Labute approximate surface area is 116 Å². The van der Waals surface area contributed by atoms with E-state index in [0.29, 0.717) is 0 Å². The molecule has 3 rings (SSSR count). The third-order valence-electron chi connectivity index (χ3n) is 3.30. The molecular formula is C15H16N4O. The van der Waals surface area contributed by atoms with Crippen LogP contribution in [0, 0.1) is 6.92 Å². The van der Waals surface area contributed by atoms with E-state index in [1.165, 1.54) is 0 Å². The molecule has 1 atom stereocenters. The minimum atomic E-state index is -0.180. The third kappa shape index (κ3) is 2.42. The Balaban J connectivity index is 1.88. The first-order valence-electron chi connectivity index (χ1n) is 6.52. The van der Waals surface area contributed by atoms with Crippen molar-refractivity contribution < 1.29 is 0 Å². The molecule has 0 amide bonds. The molecule has 3 aromatic rings. The minimum Gasteiger partial charge on any atom is -0.377 e. The molecule has 0 spiro atoms. The minimum absolute atomic E-state index is 0.126. The van der Waals surface area contributed by atoms with Crippen LogP contribution in [0.4, 0.5) is 5.69 Å². The fourth-order valence-electron chi connectivity index (χ4n) is 2.29. The van der Waals surface area contributed by atoms with E-state index in [2.05, 4.69) is 33.3 Å². The molecule has 0 saturated heterocycles. The monoisotopic (exact) mass is 268 g/mol. The van der Waals surface area contributed by atoms with Crippen molar-refractivity contribution in [3.63, 3.8) is 0 Å². The first-order chi connectivity index (χ1) is 9.61. The summed E-state index contributed by atoms with van der Waals surface area (Å²) in [5.41, 5.74) is 4.68. The molecule has 0 aliphatic rings. The van der Waals surface area contributed by atoms with Crippen LogP contribution >= 0.6 is 0 Å². The molecule has 0 aliphatic heterocycles. The van der Waals surface area contributed by atoms with Gasteiger partial charge in [0.2, 0.25) is 0 Å². The van der Waals surface area contributed by atoms with Crippen LogP contribution in [-0.2, 0) is 0 Å². The Bertz CT molecular complexity index is 803. The number of nitrogens with one attached hydrogen (secondary N) is 3. The topological polar surface area (TPSA) is 73.6 Å². The van der Waals surface area contributed by atoms with Crippen LogP contribution in [0.15, 0.2) is 41.5 Å². The number of fused-ring (bicyclic) bond motifs is 1. The number of aryl methyl sites for hydroxylation is 1. The number of pyridine rings is 1. The van der Waals surface area contributed by atoms with Gasteiger partial charge in [-0.3, -0.25) is 4.98 Å². The standard InChI is InChI=1S/C15H16N4O/c1-9-5-12(8-16-7-9)17-10(2)11-3-4-13-14(6-11)19-15(20)18-13/h3-8,10,17H,1-2H3,(H2,18,19,20). The van der Waals surface area contributed by atoms with E-state index in [0.717, 1.165) is 27.8 Å². The lowest BCUT2D eigenvalue weighted by Gasteiger charge is -2.15. The van der Waals surface area contributed by atoms with E-state index < -0.39 is 0 Å². The molecule has 20 heavy (non-hydrogen) atoms. The maximum absolute atomic E-state index is 11.3. The van der Waals surface area contributed by atoms with Crippen LogP contribution in [-0.4, -0.2) is 15.0 Å². The summed E-state index contributed by atoms with van der Waals surface area (Å²) in [7, 11) is 0. The van der Waals surface area contributed by atoms with E-state index in [1.54, 1.807) is 6.20 Å². The van der Waals surface area contributed by atoms with Gasteiger partial charge in [0.1, 0.15) is 0 Å². The van der Waals surface area contributed by atoms with Gasteiger partial charge >= 0.3 is 5.69 Å². The van der Waals surface area contributed by atoms with Gasteiger partial charge in [-0.2, -0.15) is 0 Å². The zero-order valence-electron chi connectivity index (χ0n) is 11.4. The van der Waals surface area contributed by atoms with Gasteiger partial charge in [-0.15, -0.1) is 0 Å². The molecule has 2 heterocycles. The van der Waals surface area contributed by atoms with E-state index >= 15 is 0 Å². The summed E-state index contributed by atoms with van der Waals surface area (Å²) in [6.07, 6.45) is 3.63. The lowest BCUT2D eigenvalue weighted by molar-refractivity contribution is 0.884. The Kier molecular flexibility index (Phi) is 3.02. The van der Waals surface area contributed by atoms with Crippen molar-refractivity contribution in [2.75, 3.05) is 5.32 Å². The summed E-state index contributed by atoms with van der Waals surface area (Å²) in [5.74, 6) is 0. The maximum Gasteiger partial charge on any atom is 0.323 e. The van der Waals surface area contributed by atoms with Gasteiger partial charge in [-0.1, -0.05) is 6.07 Å². The van der Waals surface area contributed by atoms with Crippen molar-refractivity contribution in [1.29, 1.82) is 0 Å². The fourth-order valence-corrected chi connectivity index (χ4v) is 2.29. The molecule has 0 radical (unpaired) electrons. The van der Waals surface area contributed by atoms with E-state index in [4.69, 9.17) is 0 Å². The molecular weight excluding hydrogens is 252 g/mol. The number of benzene rings is 1. The molecule has 1 unspecified atom stereocenters. The van der Waals surface area contributed by atoms with Gasteiger partial charge in [-0.25, -0.2) is 4.79 Å². The van der Waals surface area contributed by atoms with Gasteiger partial charge in [0.25, 0.3) is 0 Å². The number of imidazole rings is 1. The predicted octanol–water partition coefficient (Wildman–Crippen LogP) is 2.73. The molecule has 3 N–H and O–H groups in total. The van der Waals surface area contributed by atoms with Crippen molar-refractivity contribution in [2.24, 2.45) is 0 Å². The lowest BCUT2D eigenvalue weighted by Crippen LogP contribution is -2.06. The Morgan fingerprint density at radius 1 is 1.15 bits per heavy atom. The van der Waals surface area contributed by atoms with Crippen molar-refractivity contribution in [3.05, 3.63) is 58.3 Å². The summed E-state index contributed by atoms with van der Waals surface area (Å²) in [6, 6.07) is 8.08. The van der Waals surface area contributed by atoms with Gasteiger partial charge < -0.3 is 15.3 Å². The highest BCUT2D eigenvalue weighted by Crippen LogP contribution is 2.21. The molecule has 102 valence electrons. The highest BCUT2D eigenvalue weighted by atomic mass is 16.1. The summed E-state index contributed by atoms with van der Waals surface area (Å²) in [6.45, 7) is 4.09. The van der Waals surface area contributed by atoms with E-state index in [1.807, 2.05) is 31.3 Å². The first-order valence-corrected chi connectivity index (χ1v) is 6.52. The highest BCUT2D eigenvalue weighted by molar-refractivity contribution is 5.75. The lowest BCUT2D eigenvalue weighted by atomic mass is 10.1. The third-order valence-corrected chi connectivity index (χ3v) is 3.30. The normalized spacial score (nSPS) is 12.5. The zero-order chi connectivity index (χ0) is 14.1. The number of aromatic nitrogens is 3. The largest absolute Gasteiger partial charge is 0.377 e. The van der Waals surface area contributed by atoms with Crippen molar-refractivity contribution >= 4 is 16.7 Å². The zero-order valence-corrected chi connectivity index (χ0v) is 11.4. The number of hydrogen-bond acceptors (Lipinski definition) is 3. The Morgan fingerprint density at radius 2 is 1.95 bits per heavy atom. The van der Waals surface area contributed by atoms with Gasteiger partial charge in [-0.05, 0) is 43.2 Å². The van der Waals surface area contributed by atoms with E-state index in [9.17, 15) is 4.79 Å². The predicted molar refractivity (Wildman–Crippen MR) is 79.9 cm³/mol. The maximum atomic E-state index is 11.3. The van der Waals surface area contributed by atoms with Crippen molar-refractivity contribution in [3.8, 4) is 0 Å². The molecule has 2 aromatic heterocycles. The van der Waals surface area contributed by atoms with Crippen LogP contribution in [0.2, 0.25) is 0 Å². The molecule has 1 aromatic carbocycles. The average Bonchev–Trinajstić information content (AvgIpc) is 2.77. The number of rotatable bonds is 3. The SMILES string of the molecule is Cc1cncc(NC(C)c2ccc3[nH]c(=O)[nH]c3c2)c1. The average molecular weight is 268 g/mol. The molecule has 5 nitrogen and oxygen atoms in total. The Hall–Kier alpha value is -2.56. The molecule has 0 fully saturated rings. The number of anilines is 1. The second-order valence-corrected chi connectivity index (χ2v) is 5.00. The molecule has 0 saturated carbocycles. The molecule has 5 heteroatoms. The molecule has 0 bridgehead atoms. The quantitative estimate of drug-likeness (QED) is 0.683. The van der Waals surface area contributed by atoms with Crippen LogP contribution in [0.25, 0.3) is 11.0 Å². The van der Waals surface area contributed by atoms with Crippen LogP contribution in [0.5, 0.6) is 0 Å². The summed E-state index contributed by atoms with van der Waals surface area (Å²) < 4.78 is 0. The van der Waals surface area contributed by atoms with Gasteiger partial charge in [0.05, 0.1) is 16.7 Å². The van der Waals surface area contributed by atoms with E-state index in [-0.39, 0.29) is 11.7 Å². The van der Waals surface area contributed by atoms with Crippen LogP contribution in [0.3, 0.4) is 0 Å². The van der Waals surface area contributed by atoms with Gasteiger partial charge in [0, 0.05) is 18.4 Å². The smallest absolute Gasteiger partial charge is 0.323 e. The van der Waals surface area contributed by atoms with Crippen molar-refractivity contribution in [1.82, 2.24) is 15.0 Å². The number of aromatic amines is 2. The van der Waals surface area contributed by atoms with Crippen LogP contribution < -0.4 is 11.0 Å². The highest BCUT2D eigenvalue weighted by Gasteiger charge is 2.07. The summed E-state index contributed by atoms with van der Waals surface area (Å²) in [4.78, 5) is 20.9. The molecule has 0 aliphatic carbocycles. The second kappa shape index (κ2) is 4.85. The van der Waals surface area contributed by atoms with Crippen molar-refractivity contribution in [2.45, 2.75) is 19.9 Å².